The predicted octanol–water partition coefficient (Wildman–Crippen LogP) is 9.62. The Bertz CT molecular complexity index is 516. The fraction of sp³-hybridized carbons (Fsp3) is 0.931. The molecular formula is C29H61NO3P+. The maximum absolute atomic E-state index is 12.7. The topological polar surface area (TPSA) is 46.5 Å². The summed E-state index contributed by atoms with van der Waals surface area (Å²) in [5.41, 5.74) is 0. The van der Waals surface area contributed by atoms with Crippen LogP contribution in [0.25, 0.3) is 0 Å². The van der Waals surface area contributed by atoms with Gasteiger partial charge in [-0.2, -0.15) is 0 Å². The first-order valence-corrected chi connectivity index (χ1v) is 16.3. The van der Waals surface area contributed by atoms with E-state index in [0.717, 1.165) is 19.3 Å². The molecule has 5 heteroatoms. The fourth-order valence-electron chi connectivity index (χ4n) is 4.58. The van der Waals surface area contributed by atoms with Gasteiger partial charge in [-0.15, -0.1) is 0 Å². The van der Waals surface area contributed by atoms with Crippen LogP contribution in [-0.2, 0) is 9.09 Å². The van der Waals surface area contributed by atoms with Crippen molar-refractivity contribution in [3.63, 3.8) is 0 Å². The van der Waals surface area contributed by atoms with Gasteiger partial charge in [-0.05, 0) is 38.5 Å². The molecule has 0 bridgehead atoms. The van der Waals surface area contributed by atoms with Crippen LogP contribution in [0.1, 0.15) is 142 Å². The van der Waals surface area contributed by atoms with Crippen molar-refractivity contribution in [3.8, 4) is 0 Å². The van der Waals surface area contributed by atoms with Crippen molar-refractivity contribution in [2.45, 2.75) is 148 Å². The minimum absolute atomic E-state index is 0.337. The van der Waals surface area contributed by atoms with Gasteiger partial charge in [0.25, 0.3) is 0 Å². The normalized spacial score (nSPS) is 15.1. The van der Waals surface area contributed by atoms with Gasteiger partial charge in [0, 0.05) is 6.42 Å². The maximum Gasteiger partial charge on any atom is 0.385 e. The lowest BCUT2D eigenvalue weighted by Crippen LogP contribution is -2.45. The summed E-state index contributed by atoms with van der Waals surface area (Å²) in [5.74, 6) is -0.337. The monoisotopic (exact) mass is 502 g/mol. The number of quaternary nitrogens is 1. The van der Waals surface area contributed by atoms with Crippen molar-refractivity contribution < 1.29 is 18.5 Å². The van der Waals surface area contributed by atoms with E-state index in [0.29, 0.717) is 17.5 Å². The molecule has 0 aromatic carbocycles. The molecule has 0 aliphatic heterocycles. The highest BCUT2D eigenvalue weighted by molar-refractivity contribution is 7.53. The smallest absolute Gasteiger partial charge is 0.320 e. The molecule has 0 amide bonds. The Morgan fingerprint density at radius 3 is 1.50 bits per heavy atom. The van der Waals surface area contributed by atoms with Crippen LogP contribution in [0.3, 0.4) is 0 Å². The molecule has 204 valence electrons. The van der Waals surface area contributed by atoms with E-state index in [1.165, 1.54) is 103 Å². The van der Waals surface area contributed by atoms with Gasteiger partial charge in [0.05, 0.1) is 27.7 Å². The molecule has 2 atom stereocenters. The Kier molecular flexibility index (Phi) is 22.0. The molecule has 0 rings (SSSR count). The summed E-state index contributed by atoms with van der Waals surface area (Å²) >= 11 is 0. The van der Waals surface area contributed by atoms with Crippen LogP contribution >= 0.6 is 7.60 Å². The molecule has 0 saturated carbocycles. The highest BCUT2D eigenvalue weighted by atomic mass is 31.2. The van der Waals surface area contributed by atoms with Gasteiger partial charge in [0.1, 0.15) is 0 Å². The average molecular weight is 503 g/mol. The molecule has 0 radical (unpaired) electrons. The quantitative estimate of drug-likeness (QED) is 0.0585. The second-order valence-electron chi connectivity index (χ2n) is 11.1. The van der Waals surface area contributed by atoms with Crippen LogP contribution in [0.2, 0.25) is 0 Å². The standard InChI is InChI=1S/C29H60NO3P/c1-6-8-9-10-11-12-13-14-15-16-17-18-19-20-21-22-23-24-25-26-28-33-34(31,32)29(27-7-2)30(3,4)5/h18-19,29H,6-17,20-28H2,1-5H3/p+1. The number of nitrogens with zero attached hydrogens (tertiary/aromatic N) is 1. The van der Waals surface area contributed by atoms with Gasteiger partial charge in [-0.3, -0.25) is 4.57 Å². The molecular weight excluding hydrogens is 441 g/mol. The Hall–Kier alpha value is -0.150. The van der Waals surface area contributed by atoms with E-state index >= 15 is 0 Å². The Morgan fingerprint density at radius 1 is 0.676 bits per heavy atom. The third-order valence-electron chi connectivity index (χ3n) is 6.75. The molecule has 0 aliphatic carbocycles. The molecule has 34 heavy (non-hydrogen) atoms. The zero-order chi connectivity index (χ0) is 25.5. The van der Waals surface area contributed by atoms with Crippen molar-refractivity contribution >= 4 is 7.60 Å². The molecule has 4 nitrogen and oxygen atoms in total. The summed E-state index contributed by atoms with van der Waals surface area (Å²) in [6.07, 6.45) is 29.9. The SMILES string of the molecule is CCCCCCCCCCCCC=CCCCCCCCCOP(=O)(O)C(CCC)[N+](C)(C)C. The third-order valence-corrected chi connectivity index (χ3v) is 9.01. The Labute approximate surface area is 214 Å². The summed E-state index contributed by atoms with van der Waals surface area (Å²) in [6, 6.07) is 0. The van der Waals surface area contributed by atoms with Crippen molar-refractivity contribution in [2.75, 3.05) is 27.7 Å². The number of rotatable bonds is 25. The van der Waals surface area contributed by atoms with E-state index < -0.39 is 7.60 Å². The predicted molar refractivity (Wildman–Crippen MR) is 150 cm³/mol. The van der Waals surface area contributed by atoms with E-state index in [1.807, 2.05) is 21.1 Å². The van der Waals surface area contributed by atoms with E-state index in [4.69, 9.17) is 4.52 Å². The van der Waals surface area contributed by atoms with Crippen molar-refractivity contribution in [1.82, 2.24) is 0 Å². The van der Waals surface area contributed by atoms with Crippen LogP contribution in [-0.4, -0.2) is 42.9 Å². The lowest BCUT2D eigenvalue weighted by molar-refractivity contribution is -0.883. The average Bonchev–Trinajstić information content (AvgIpc) is 2.77. The van der Waals surface area contributed by atoms with Crippen LogP contribution < -0.4 is 0 Å². The van der Waals surface area contributed by atoms with E-state index in [1.54, 1.807) is 0 Å². The molecule has 0 fully saturated rings. The molecule has 1 N–H and O–H groups in total. The van der Waals surface area contributed by atoms with E-state index in [2.05, 4.69) is 26.0 Å². The van der Waals surface area contributed by atoms with Crippen LogP contribution in [0.15, 0.2) is 12.2 Å². The second-order valence-corrected chi connectivity index (χ2v) is 13.1. The Morgan fingerprint density at radius 2 is 1.09 bits per heavy atom. The summed E-state index contributed by atoms with van der Waals surface area (Å²) in [7, 11) is 2.34. The fourth-order valence-corrected chi connectivity index (χ4v) is 6.61. The summed E-state index contributed by atoms with van der Waals surface area (Å²) in [4.78, 5) is 10.4. The number of hydrogen-bond donors (Lipinski definition) is 1. The number of hydrogen-bond acceptors (Lipinski definition) is 2. The molecule has 0 aliphatic rings. The molecule has 0 heterocycles. The molecule has 2 unspecified atom stereocenters. The summed E-state index contributed by atoms with van der Waals surface area (Å²) < 4.78 is 18.6. The molecule has 0 spiro atoms. The van der Waals surface area contributed by atoms with Crippen LogP contribution in [0, 0.1) is 0 Å². The highest BCUT2D eigenvalue weighted by Gasteiger charge is 2.41. The zero-order valence-corrected chi connectivity index (χ0v) is 24.6. The lowest BCUT2D eigenvalue weighted by atomic mass is 10.1. The third kappa shape index (κ3) is 20.1. The first-order valence-electron chi connectivity index (χ1n) is 14.7. The van der Waals surface area contributed by atoms with Crippen molar-refractivity contribution in [2.24, 2.45) is 0 Å². The zero-order valence-electron chi connectivity index (χ0n) is 23.7. The Balaban J connectivity index is 3.50. The first-order chi connectivity index (χ1) is 16.3. The number of allylic oxidation sites excluding steroid dienone is 2. The number of unbranched alkanes of at least 4 members (excludes halogenated alkanes) is 16. The highest BCUT2D eigenvalue weighted by Crippen LogP contribution is 2.51. The molecule has 0 aromatic rings. The van der Waals surface area contributed by atoms with E-state index in [-0.39, 0.29) is 5.78 Å². The van der Waals surface area contributed by atoms with E-state index in [9.17, 15) is 9.46 Å². The first kappa shape index (κ1) is 33.8. The van der Waals surface area contributed by atoms with Crippen molar-refractivity contribution in [1.29, 1.82) is 0 Å². The maximum atomic E-state index is 12.7. The minimum Gasteiger partial charge on any atom is -0.320 e. The summed E-state index contributed by atoms with van der Waals surface area (Å²) in [5, 5.41) is 0. The van der Waals surface area contributed by atoms with Gasteiger partial charge in [-0.25, -0.2) is 0 Å². The lowest BCUT2D eigenvalue weighted by Gasteiger charge is -2.35. The van der Waals surface area contributed by atoms with Gasteiger partial charge < -0.3 is 13.9 Å². The van der Waals surface area contributed by atoms with Gasteiger partial charge in [0.15, 0.2) is 5.78 Å². The second kappa shape index (κ2) is 22.1. The molecule has 0 saturated heterocycles. The largest absolute Gasteiger partial charge is 0.385 e. The van der Waals surface area contributed by atoms with Gasteiger partial charge in [0.2, 0.25) is 0 Å². The van der Waals surface area contributed by atoms with Crippen LogP contribution in [0.5, 0.6) is 0 Å². The van der Waals surface area contributed by atoms with Gasteiger partial charge >= 0.3 is 7.60 Å². The van der Waals surface area contributed by atoms with Crippen LogP contribution in [0.4, 0.5) is 0 Å². The van der Waals surface area contributed by atoms with Gasteiger partial charge in [-0.1, -0.05) is 109 Å². The summed E-state index contributed by atoms with van der Waals surface area (Å²) in [6.45, 7) is 4.73. The molecule has 0 aromatic heterocycles. The van der Waals surface area contributed by atoms with Crippen molar-refractivity contribution in [3.05, 3.63) is 12.2 Å². The minimum atomic E-state index is -3.57.